The third-order valence-corrected chi connectivity index (χ3v) is 3.81. The second-order valence-electron chi connectivity index (χ2n) is 5.47. The molecule has 0 spiro atoms. The minimum Gasteiger partial charge on any atom is -0.457 e. The predicted octanol–water partition coefficient (Wildman–Crippen LogP) is 5.73. The van der Waals surface area contributed by atoms with Gasteiger partial charge < -0.3 is 10.1 Å². The molecule has 0 saturated heterocycles. The molecule has 128 valence electrons. The zero-order chi connectivity index (χ0) is 17.8. The van der Waals surface area contributed by atoms with Crippen molar-refractivity contribution in [1.82, 2.24) is 4.98 Å². The molecule has 2 aromatic carbocycles. The van der Waals surface area contributed by atoms with Gasteiger partial charge in [-0.1, -0.05) is 11.6 Å². The molecule has 6 heteroatoms. The first kappa shape index (κ1) is 17.2. The summed E-state index contributed by atoms with van der Waals surface area (Å²) < 4.78 is 32.6. The van der Waals surface area contributed by atoms with Crippen LogP contribution in [-0.2, 0) is 6.54 Å². The van der Waals surface area contributed by atoms with Crippen LogP contribution in [0.15, 0.2) is 54.7 Å². The summed E-state index contributed by atoms with van der Waals surface area (Å²) in [6, 6.07) is 12.0. The largest absolute Gasteiger partial charge is 0.457 e. The molecule has 0 aliphatic heterocycles. The number of aryl methyl sites for hydroxylation is 1. The monoisotopic (exact) mass is 360 g/mol. The van der Waals surface area contributed by atoms with Crippen molar-refractivity contribution in [1.29, 1.82) is 0 Å². The van der Waals surface area contributed by atoms with Crippen molar-refractivity contribution < 1.29 is 13.5 Å². The van der Waals surface area contributed by atoms with Gasteiger partial charge in [-0.25, -0.2) is 8.78 Å². The summed E-state index contributed by atoms with van der Waals surface area (Å²) >= 11 is 5.77. The molecule has 3 nitrogen and oxygen atoms in total. The Balaban J connectivity index is 1.81. The van der Waals surface area contributed by atoms with Gasteiger partial charge in [-0.15, -0.1) is 0 Å². The number of aromatic nitrogens is 1. The Morgan fingerprint density at radius 2 is 1.92 bits per heavy atom. The van der Waals surface area contributed by atoms with Gasteiger partial charge in [-0.05, 0) is 49.4 Å². The third-order valence-electron chi connectivity index (χ3n) is 3.52. The summed E-state index contributed by atoms with van der Waals surface area (Å²) in [7, 11) is 0. The molecular weight excluding hydrogens is 346 g/mol. The summed E-state index contributed by atoms with van der Waals surface area (Å²) in [6.45, 7) is 2.24. The highest BCUT2D eigenvalue weighted by molar-refractivity contribution is 6.30. The third kappa shape index (κ3) is 4.45. The van der Waals surface area contributed by atoms with Gasteiger partial charge in [-0.2, -0.15) is 0 Å². The number of nitrogens with one attached hydrogen (secondary N) is 1. The Kier molecular flexibility index (Phi) is 5.14. The number of benzene rings is 2. The van der Waals surface area contributed by atoms with E-state index in [4.69, 9.17) is 16.3 Å². The van der Waals surface area contributed by atoms with Crippen LogP contribution in [0, 0.1) is 18.6 Å². The number of rotatable bonds is 5. The highest BCUT2D eigenvalue weighted by Gasteiger charge is 2.09. The van der Waals surface area contributed by atoms with E-state index in [1.807, 2.05) is 19.1 Å². The molecule has 0 radical (unpaired) electrons. The number of halogens is 3. The zero-order valence-corrected chi connectivity index (χ0v) is 14.1. The second-order valence-corrected chi connectivity index (χ2v) is 5.88. The first-order chi connectivity index (χ1) is 12.0. The minimum atomic E-state index is -0.525. The van der Waals surface area contributed by atoms with Gasteiger partial charge >= 0.3 is 0 Å². The Morgan fingerprint density at radius 1 is 1.08 bits per heavy atom. The molecule has 0 saturated carbocycles. The van der Waals surface area contributed by atoms with Crippen LogP contribution in [0.2, 0.25) is 5.02 Å². The van der Waals surface area contributed by atoms with Crippen molar-refractivity contribution in [2.24, 2.45) is 0 Å². The van der Waals surface area contributed by atoms with Crippen LogP contribution < -0.4 is 10.1 Å². The van der Waals surface area contributed by atoms with E-state index in [1.165, 1.54) is 36.4 Å². The van der Waals surface area contributed by atoms with Crippen LogP contribution in [0.25, 0.3) is 0 Å². The number of ether oxygens (including phenoxy) is 1. The number of nitrogens with zero attached hydrogens (tertiary/aromatic N) is 1. The molecule has 0 amide bonds. The van der Waals surface area contributed by atoms with Crippen molar-refractivity contribution in [3.63, 3.8) is 0 Å². The van der Waals surface area contributed by atoms with E-state index in [9.17, 15) is 8.78 Å². The Morgan fingerprint density at radius 3 is 2.68 bits per heavy atom. The van der Waals surface area contributed by atoms with Gasteiger partial charge in [0.15, 0.2) is 0 Å². The van der Waals surface area contributed by atoms with Crippen molar-refractivity contribution in [2.45, 2.75) is 13.5 Å². The number of pyridine rings is 1. The SMILES string of the molecule is Cc1cc(NCc2cc(F)ccc2Oc2ccc(F)c(Cl)c2)ccn1. The van der Waals surface area contributed by atoms with E-state index < -0.39 is 5.82 Å². The zero-order valence-electron chi connectivity index (χ0n) is 13.4. The van der Waals surface area contributed by atoms with Gasteiger partial charge in [0.05, 0.1) is 5.02 Å². The van der Waals surface area contributed by atoms with Crippen LogP contribution in [0.5, 0.6) is 11.5 Å². The van der Waals surface area contributed by atoms with Crippen LogP contribution in [0.3, 0.4) is 0 Å². The molecule has 1 N–H and O–H groups in total. The van der Waals surface area contributed by atoms with Crippen LogP contribution in [-0.4, -0.2) is 4.98 Å². The van der Waals surface area contributed by atoms with Gasteiger partial charge in [0.2, 0.25) is 0 Å². The number of anilines is 1. The molecule has 25 heavy (non-hydrogen) atoms. The van der Waals surface area contributed by atoms with Crippen LogP contribution in [0.4, 0.5) is 14.5 Å². The first-order valence-electron chi connectivity index (χ1n) is 7.59. The summed E-state index contributed by atoms with van der Waals surface area (Å²) in [5.41, 5.74) is 2.36. The fourth-order valence-electron chi connectivity index (χ4n) is 2.31. The summed E-state index contributed by atoms with van der Waals surface area (Å²) in [5, 5.41) is 3.17. The lowest BCUT2D eigenvalue weighted by molar-refractivity contribution is 0.473. The maximum absolute atomic E-state index is 13.6. The normalized spacial score (nSPS) is 10.6. The van der Waals surface area contributed by atoms with E-state index in [0.717, 1.165) is 11.4 Å². The van der Waals surface area contributed by atoms with E-state index in [0.29, 0.717) is 23.6 Å². The highest BCUT2D eigenvalue weighted by Crippen LogP contribution is 2.29. The molecule has 0 aliphatic rings. The Bertz CT molecular complexity index is 902. The molecule has 3 aromatic rings. The Labute approximate surface area is 149 Å². The molecule has 0 unspecified atom stereocenters. The van der Waals surface area contributed by atoms with Gasteiger partial charge in [0.25, 0.3) is 0 Å². The molecule has 1 aromatic heterocycles. The fraction of sp³-hybridized carbons (Fsp3) is 0.105. The first-order valence-corrected chi connectivity index (χ1v) is 7.97. The smallest absolute Gasteiger partial charge is 0.142 e. The standard InChI is InChI=1S/C19H15ClF2N2O/c1-12-8-15(6-7-23-12)24-11-13-9-14(21)2-5-19(13)25-16-3-4-18(22)17(20)10-16/h2-10H,11H2,1H3,(H,23,24). The topological polar surface area (TPSA) is 34.1 Å². The molecule has 0 fully saturated rings. The highest BCUT2D eigenvalue weighted by atomic mass is 35.5. The van der Waals surface area contributed by atoms with E-state index in [-0.39, 0.29) is 10.8 Å². The van der Waals surface area contributed by atoms with Crippen molar-refractivity contribution in [3.8, 4) is 11.5 Å². The maximum atomic E-state index is 13.6. The molecule has 1 heterocycles. The average molecular weight is 361 g/mol. The van der Waals surface area contributed by atoms with E-state index in [1.54, 1.807) is 6.20 Å². The fourth-order valence-corrected chi connectivity index (χ4v) is 2.48. The lowest BCUT2D eigenvalue weighted by atomic mass is 10.2. The molecule has 3 rings (SSSR count). The van der Waals surface area contributed by atoms with Crippen molar-refractivity contribution in [2.75, 3.05) is 5.32 Å². The molecule has 0 bridgehead atoms. The summed E-state index contributed by atoms with van der Waals surface area (Å²) in [5.74, 6) is -0.0587. The quantitative estimate of drug-likeness (QED) is 0.631. The van der Waals surface area contributed by atoms with Gasteiger partial charge in [-0.3, -0.25) is 4.98 Å². The molecular formula is C19H15ClF2N2O. The summed E-state index contributed by atoms with van der Waals surface area (Å²) in [4.78, 5) is 4.13. The predicted molar refractivity (Wildman–Crippen MR) is 94.2 cm³/mol. The molecule has 0 atom stereocenters. The number of hydrogen-bond acceptors (Lipinski definition) is 3. The average Bonchev–Trinajstić information content (AvgIpc) is 2.58. The maximum Gasteiger partial charge on any atom is 0.142 e. The van der Waals surface area contributed by atoms with E-state index in [2.05, 4.69) is 10.3 Å². The van der Waals surface area contributed by atoms with Crippen molar-refractivity contribution in [3.05, 3.63) is 82.6 Å². The van der Waals surface area contributed by atoms with Crippen molar-refractivity contribution >= 4 is 17.3 Å². The van der Waals surface area contributed by atoms with Crippen LogP contribution in [0.1, 0.15) is 11.3 Å². The summed E-state index contributed by atoms with van der Waals surface area (Å²) in [6.07, 6.45) is 1.70. The number of hydrogen-bond donors (Lipinski definition) is 1. The van der Waals surface area contributed by atoms with E-state index >= 15 is 0 Å². The lowest BCUT2D eigenvalue weighted by Crippen LogP contribution is -2.02. The minimum absolute atomic E-state index is 0.0356. The van der Waals surface area contributed by atoms with Gasteiger partial charge in [0.1, 0.15) is 23.1 Å². The lowest BCUT2D eigenvalue weighted by Gasteiger charge is -2.13. The Hall–Kier alpha value is -2.66. The van der Waals surface area contributed by atoms with Crippen LogP contribution >= 0.6 is 11.6 Å². The van der Waals surface area contributed by atoms with Gasteiger partial charge in [0, 0.05) is 35.8 Å². The second kappa shape index (κ2) is 7.49. The molecule has 0 aliphatic carbocycles.